The van der Waals surface area contributed by atoms with Gasteiger partial charge in [-0.3, -0.25) is 4.98 Å². The lowest BCUT2D eigenvalue weighted by Crippen LogP contribution is -2.27. The first kappa shape index (κ1) is 15.4. The smallest absolute Gasteiger partial charge is 0.211 e. The minimum Gasteiger partial charge on any atom is -0.314 e. The Bertz CT molecular complexity index is 527. The number of unbranched alkanes of at least 4 members (excludes halogenated alkanes) is 1. The average molecular weight is 297 g/mol. The van der Waals surface area contributed by atoms with Crippen molar-refractivity contribution in [2.45, 2.75) is 45.2 Å². The first-order valence-electron chi connectivity index (χ1n) is 7.18. The largest absolute Gasteiger partial charge is 0.314 e. The number of nitrogens with one attached hydrogen (secondary N) is 2. The number of aromatic nitrogens is 1. The molecule has 0 radical (unpaired) electrons. The van der Waals surface area contributed by atoms with Gasteiger partial charge >= 0.3 is 0 Å². The SMILES string of the molecule is Cc1cccc(CNS(=O)(=O)CCCCNC2CC2)n1. The molecular weight excluding hydrogens is 274 g/mol. The maximum atomic E-state index is 11.8. The molecule has 2 rings (SSSR count). The van der Waals surface area contributed by atoms with E-state index in [2.05, 4.69) is 15.0 Å². The van der Waals surface area contributed by atoms with Crippen LogP contribution in [0, 0.1) is 6.92 Å². The van der Waals surface area contributed by atoms with Gasteiger partial charge < -0.3 is 5.32 Å². The van der Waals surface area contributed by atoms with Crippen LogP contribution in [0.2, 0.25) is 0 Å². The summed E-state index contributed by atoms with van der Waals surface area (Å²) in [6.45, 7) is 3.08. The summed E-state index contributed by atoms with van der Waals surface area (Å²) in [6, 6.07) is 6.30. The highest BCUT2D eigenvalue weighted by Crippen LogP contribution is 2.18. The second kappa shape index (κ2) is 7.15. The van der Waals surface area contributed by atoms with Crippen molar-refractivity contribution in [3.8, 4) is 0 Å². The molecule has 1 aromatic rings. The molecule has 0 aromatic carbocycles. The zero-order chi connectivity index (χ0) is 14.4. The molecule has 5 nitrogen and oxygen atoms in total. The van der Waals surface area contributed by atoms with Gasteiger partial charge in [0.2, 0.25) is 10.0 Å². The fraction of sp³-hybridized carbons (Fsp3) is 0.643. The van der Waals surface area contributed by atoms with Crippen molar-refractivity contribution < 1.29 is 8.42 Å². The Morgan fingerprint density at radius 1 is 1.30 bits per heavy atom. The highest BCUT2D eigenvalue weighted by Gasteiger charge is 2.19. The van der Waals surface area contributed by atoms with Gasteiger partial charge in [0.25, 0.3) is 0 Å². The zero-order valence-electron chi connectivity index (χ0n) is 11.9. The van der Waals surface area contributed by atoms with Crippen LogP contribution in [0.3, 0.4) is 0 Å². The second-order valence-corrected chi connectivity index (χ2v) is 7.27. The molecule has 0 bridgehead atoms. The third-order valence-electron chi connectivity index (χ3n) is 3.27. The third-order valence-corrected chi connectivity index (χ3v) is 4.68. The molecule has 1 aliphatic rings. The van der Waals surface area contributed by atoms with E-state index in [4.69, 9.17) is 0 Å². The number of hydrogen-bond donors (Lipinski definition) is 2. The average Bonchev–Trinajstić information content (AvgIpc) is 3.20. The van der Waals surface area contributed by atoms with Gasteiger partial charge in [0.1, 0.15) is 0 Å². The molecule has 0 saturated heterocycles. The van der Waals surface area contributed by atoms with E-state index in [1.807, 2.05) is 25.1 Å². The normalized spacial score (nSPS) is 15.4. The summed E-state index contributed by atoms with van der Waals surface area (Å²) >= 11 is 0. The van der Waals surface area contributed by atoms with Crippen molar-refractivity contribution in [2.24, 2.45) is 0 Å². The van der Waals surface area contributed by atoms with Gasteiger partial charge in [-0.15, -0.1) is 0 Å². The molecule has 1 aromatic heterocycles. The molecule has 112 valence electrons. The fourth-order valence-corrected chi connectivity index (χ4v) is 3.06. The predicted octanol–water partition coefficient (Wildman–Crippen LogP) is 1.34. The van der Waals surface area contributed by atoms with E-state index in [0.717, 1.165) is 24.4 Å². The Morgan fingerprint density at radius 2 is 2.10 bits per heavy atom. The summed E-state index contributed by atoms with van der Waals surface area (Å²) in [6.07, 6.45) is 4.13. The van der Waals surface area contributed by atoms with Crippen LogP contribution in [0.15, 0.2) is 18.2 Å². The number of sulfonamides is 1. The molecule has 2 N–H and O–H groups in total. The Balaban J connectivity index is 1.64. The van der Waals surface area contributed by atoms with Crippen molar-refractivity contribution in [3.05, 3.63) is 29.6 Å². The van der Waals surface area contributed by atoms with Crippen molar-refractivity contribution >= 4 is 10.0 Å². The molecule has 6 heteroatoms. The minimum absolute atomic E-state index is 0.186. The summed E-state index contributed by atoms with van der Waals surface area (Å²) < 4.78 is 26.3. The van der Waals surface area contributed by atoms with E-state index in [1.54, 1.807) is 0 Å². The lowest BCUT2D eigenvalue weighted by molar-refractivity contribution is 0.572. The van der Waals surface area contributed by atoms with Gasteiger partial charge in [0, 0.05) is 11.7 Å². The van der Waals surface area contributed by atoms with Crippen molar-refractivity contribution in [1.29, 1.82) is 0 Å². The van der Waals surface area contributed by atoms with Gasteiger partial charge in [-0.25, -0.2) is 13.1 Å². The van der Waals surface area contributed by atoms with Crippen LogP contribution in [0.25, 0.3) is 0 Å². The standard InChI is InChI=1S/C14H23N3O2S/c1-12-5-4-6-14(17-12)11-16-20(18,19)10-3-2-9-15-13-7-8-13/h4-6,13,15-16H,2-3,7-11H2,1H3. The summed E-state index contributed by atoms with van der Waals surface area (Å²) in [5.41, 5.74) is 1.65. The number of aryl methyl sites for hydroxylation is 1. The van der Waals surface area contributed by atoms with Crippen LogP contribution in [0.5, 0.6) is 0 Å². The van der Waals surface area contributed by atoms with Gasteiger partial charge in [-0.2, -0.15) is 0 Å². The van der Waals surface area contributed by atoms with E-state index < -0.39 is 10.0 Å². The Morgan fingerprint density at radius 3 is 2.80 bits per heavy atom. The van der Waals surface area contributed by atoms with Crippen molar-refractivity contribution in [2.75, 3.05) is 12.3 Å². The summed E-state index contributed by atoms with van der Waals surface area (Å²) in [5.74, 6) is 0.186. The van der Waals surface area contributed by atoms with E-state index in [9.17, 15) is 8.42 Å². The van der Waals surface area contributed by atoms with E-state index in [1.165, 1.54) is 12.8 Å². The van der Waals surface area contributed by atoms with Crippen LogP contribution in [-0.4, -0.2) is 31.7 Å². The third kappa shape index (κ3) is 5.98. The molecule has 1 aliphatic carbocycles. The lowest BCUT2D eigenvalue weighted by Gasteiger charge is -2.07. The molecule has 0 unspecified atom stereocenters. The highest BCUT2D eigenvalue weighted by atomic mass is 32.2. The van der Waals surface area contributed by atoms with Crippen molar-refractivity contribution in [1.82, 2.24) is 15.0 Å². The van der Waals surface area contributed by atoms with Crippen LogP contribution in [0.1, 0.15) is 37.1 Å². The molecule has 1 saturated carbocycles. The molecule has 20 heavy (non-hydrogen) atoms. The molecule has 1 heterocycles. The first-order chi connectivity index (χ1) is 9.55. The molecule has 0 aliphatic heterocycles. The molecular formula is C14H23N3O2S. The number of nitrogens with zero attached hydrogens (tertiary/aromatic N) is 1. The van der Waals surface area contributed by atoms with Crippen LogP contribution in [-0.2, 0) is 16.6 Å². The van der Waals surface area contributed by atoms with Crippen molar-refractivity contribution in [3.63, 3.8) is 0 Å². The van der Waals surface area contributed by atoms with Gasteiger partial charge in [0.05, 0.1) is 18.0 Å². The van der Waals surface area contributed by atoms with Gasteiger partial charge in [0.15, 0.2) is 0 Å². The monoisotopic (exact) mass is 297 g/mol. The van der Waals surface area contributed by atoms with Crippen LogP contribution < -0.4 is 10.0 Å². The Labute approximate surface area is 121 Å². The zero-order valence-corrected chi connectivity index (χ0v) is 12.7. The minimum atomic E-state index is -3.20. The number of hydrogen-bond acceptors (Lipinski definition) is 4. The van der Waals surface area contributed by atoms with E-state index >= 15 is 0 Å². The van der Waals surface area contributed by atoms with Crippen LogP contribution >= 0.6 is 0 Å². The summed E-state index contributed by atoms with van der Waals surface area (Å²) in [5, 5.41) is 3.38. The lowest BCUT2D eigenvalue weighted by atomic mass is 10.3. The Hall–Kier alpha value is -0.980. The molecule has 0 spiro atoms. The van der Waals surface area contributed by atoms with Gasteiger partial charge in [-0.1, -0.05) is 6.07 Å². The first-order valence-corrected chi connectivity index (χ1v) is 8.84. The van der Waals surface area contributed by atoms with E-state index in [0.29, 0.717) is 12.5 Å². The maximum Gasteiger partial charge on any atom is 0.211 e. The number of rotatable bonds is 9. The molecule has 0 atom stereocenters. The summed E-state index contributed by atoms with van der Waals surface area (Å²) in [4.78, 5) is 4.28. The Kier molecular flexibility index (Phi) is 5.51. The van der Waals surface area contributed by atoms with E-state index in [-0.39, 0.29) is 12.3 Å². The molecule has 0 amide bonds. The van der Waals surface area contributed by atoms with Gasteiger partial charge in [-0.05, 0) is 51.3 Å². The number of pyridine rings is 1. The maximum absolute atomic E-state index is 11.8. The fourth-order valence-electron chi connectivity index (χ4n) is 1.96. The molecule has 1 fully saturated rings. The highest BCUT2D eigenvalue weighted by molar-refractivity contribution is 7.89. The predicted molar refractivity (Wildman–Crippen MR) is 79.9 cm³/mol. The quantitative estimate of drug-likeness (QED) is 0.675. The summed E-state index contributed by atoms with van der Waals surface area (Å²) in [7, 11) is -3.20. The topological polar surface area (TPSA) is 71.1 Å². The second-order valence-electron chi connectivity index (χ2n) is 5.35. The van der Waals surface area contributed by atoms with Crippen LogP contribution in [0.4, 0.5) is 0 Å².